The number of urea groups is 1. The first-order valence-corrected chi connectivity index (χ1v) is 7.52. The van der Waals surface area contributed by atoms with E-state index in [9.17, 15) is 9.59 Å². The Morgan fingerprint density at radius 2 is 1.64 bits per heavy atom. The number of aromatic nitrogens is 3. The van der Waals surface area contributed by atoms with Gasteiger partial charge in [-0.05, 0) is 0 Å². The zero-order chi connectivity index (χ0) is 15.3. The molecule has 3 amide bonds. The van der Waals surface area contributed by atoms with Gasteiger partial charge in [-0.2, -0.15) is 15.4 Å². The third kappa shape index (κ3) is 2.08. The Bertz CT molecular complexity index is 603. The summed E-state index contributed by atoms with van der Waals surface area (Å²) in [5.74, 6) is 0.542. The van der Waals surface area contributed by atoms with Gasteiger partial charge in [-0.15, -0.1) is 0 Å². The average Bonchev–Trinajstić information content (AvgIpc) is 3.18. The molecule has 2 N–H and O–H groups in total. The molecule has 2 atom stereocenters. The summed E-state index contributed by atoms with van der Waals surface area (Å²) in [6.07, 6.45) is -0.132. The van der Waals surface area contributed by atoms with Crippen LogP contribution in [0.1, 0.15) is 11.4 Å². The lowest BCUT2D eigenvalue weighted by Gasteiger charge is -2.30. The molecule has 118 valence electrons. The number of carboxylic acid groups (broad SMARTS) is 1. The van der Waals surface area contributed by atoms with Crippen molar-refractivity contribution in [3.05, 3.63) is 11.4 Å². The first kappa shape index (κ1) is 13.4. The third-order valence-electron chi connectivity index (χ3n) is 4.96. The van der Waals surface area contributed by atoms with Gasteiger partial charge in [-0.25, -0.2) is 9.59 Å². The van der Waals surface area contributed by atoms with Gasteiger partial charge in [-0.3, -0.25) is 0 Å². The highest BCUT2D eigenvalue weighted by molar-refractivity contribution is 5.75. The van der Waals surface area contributed by atoms with E-state index in [0.29, 0.717) is 39.3 Å². The molecule has 4 rings (SSSR count). The standard InChI is InChI=1S/C13H18N6O3/c20-12(17-2-1-10-11(7-17)15-16-14-10)18-3-8-5-19(13(21)22)6-9(8)4-18/h8-9H,1-7H2,(H,21,22)(H,14,15,16)/t8-,9-/m0/s1. The maximum absolute atomic E-state index is 12.6. The van der Waals surface area contributed by atoms with Crippen molar-refractivity contribution in [2.45, 2.75) is 13.0 Å². The van der Waals surface area contributed by atoms with Crippen LogP contribution >= 0.6 is 0 Å². The SMILES string of the molecule is O=C(O)N1C[C@@H]2CN(C(=O)N3CCc4n[nH]nc4C3)C[C@H]2C1. The molecule has 22 heavy (non-hydrogen) atoms. The van der Waals surface area contributed by atoms with Crippen molar-refractivity contribution in [3.8, 4) is 0 Å². The first-order chi connectivity index (χ1) is 10.6. The number of amides is 3. The van der Waals surface area contributed by atoms with Crippen LogP contribution in [0.15, 0.2) is 0 Å². The van der Waals surface area contributed by atoms with Gasteiger partial charge in [0.1, 0.15) is 5.69 Å². The number of carbonyl (C=O) groups excluding carboxylic acids is 1. The van der Waals surface area contributed by atoms with E-state index >= 15 is 0 Å². The highest BCUT2D eigenvalue weighted by Crippen LogP contribution is 2.32. The third-order valence-corrected chi connectivity index (χ3v) is 4.96. The van der Waals surface area contributed by atoms with Crippen molar-refractivity contribution in [1.82, 2.24) is 30.1 Å². The lowest BCUT2D eigenvalue weighted by molar-refractivity contribution is 0.141. The number of fused-ring (bicyclic) bond motifs is 2. The normalized spacial score (nSPS) is 27.0. The second-order valence-electron chi connectivity index (χ2n) is 6.28. The summed E-state index contributed by atoms with van der Waals surface area (Å²) in [6.45, 7) is 3.53. The van der Waals surface area contributed by atoms with E-state index in [1.54, 1.807) is 4.90 Å². The number of nitrogens with one attached hydrogen (secondary N) is 1. The lowest BCUT2D eigenvalue weighted by Crippen LogP contribution is -2.45. The Hall–Kier alpha value is -2.32. The number of H-pyrrole nitrogens is 1. The van der Waals surface area contributed by atoms with Gasteiger partial charge in [-0.1, -0.05) is 0 Å². The van der Waals surface area contributed by atoms with E-state index in [0.717, 1.165) is 17.8 Å². The molecule has 9 nitrogen and oxygen atoms in total. The predicted molar refractivity (Wildman–Crippen MR) is 74.0 cm³/mol. The van der Waals surface area contributed by atoms with Crippen LogP contribution in [-0.4, -0.2) is 80.1 Å². The Labute approximate surface area is 126 Å². The molecule has 0 aliphatic carbocycles. The molecule has 2 saturated heterocycles. The van der Waals surface area contributed by atoms with Crippen LogP contribution in [0.4, 0.5) is 9.59 Å². The maximum Gasteiger partial charge on any atom is 0.407 e. The Kier molecular flexibility index (Phi) is 2.95. The van der Waals surface area contributed by atoms with Gasteiger partial charge in [0, 0.05) is 51.0 Å². The first-order valence-electron chi connectivity index (χ1n) is 7.52. The number of rotatable bonds is 0. The van der Waals surface area contributed by atoms with Crippen LogP contribution in [0.5, 0.6) is 0 Å². The highest BCUT2D eigenvalue weighted by atomic mass is 16.4. The quantitative estimate of drug-likeness (QED) is 0.692. The van der Waals surface area contributed by atoms with E-state index in [-0.39, 0.29) is 17.9 Å². The molecule has 1 aromatic heterocycles. The second kappa shape index (κ2) is 4.85. The van der Waals surface area contributed by atoms with Crippen molar-refractivity contribution < 1.29 is 14.7 Å². The fourth-order valence-corrected chi connectivity index (χ4v) is 3.77. The summed E-state index contributed by atoms with van der Waals surface area (Å²) in [5.41, 5.74) is 1.79. The molecule has 0 spiro atoms. The molecule has 0 aromatic carbocycles. The van der Waals surface area contributed by atoms with Gasteiger partial charge in [0.2, 0.25) is 0 Å². The van der Waals surface area contributed by atoms with E-state index in [1.807, 2.05) is 4.90 Å². The van der Waals surface area contributed by atoms with Gasteiger partial charge in [0.15, 0.2) is 0 Å². The summed E-state index contributed by atoms with van der Waals surface area (Å²) >= 11 is 0. The second-order valence-corrected chi connectivity index (χ2v) is 6.28. The van der Waals surface area contributed by atoms with Crippen LogP contribution in [-0.2, 0) is 13.0 Å². The number of hydrogen-bond donors (Lipinski definition) is 2. The molecule has 0 radical (unpaired) electrons. The molecule has 1 aromatic rings. The monoisotopic (exact) mass is 306 g/mol. The molecule has 0 unspecified atom stereocenters. The van der Waals surface area contributed by atoms with Gasteiger partial charge >= 0.3 is 12.1 Å². The summed E-state index contributed by atoms with van der Waals surface area (Å²) in [7, 11) is 0. The number of likely N-dealkylation sites (tertiary alicyclic amines) is 2. The molecular weight excluding hydrogens is 288 g/mol. The zero-order valence-corrected chi connectivity index (χ0v) is 12.1. The molecule has 2 fully saturated rings. The minimum absolute atomic E-state index is 0.0323. The van der Waals surface area contributed by atoms with E-state index < -0.39 is 6.09 Å². The smallest absolute Gasteiger partial charge is 0.407 e. The summed E-state index contributed by atoms with van der Waals surface area (Å²) in [6, 6.07) is 0.0323. The molecule has 3 aliphatic rings. The van der Waals surface area contributed by atoms with Crippen LogP contribution < -0.4 is 0 Å². The number of nitrogens with zero attached hydrogens (tertiary/aromatic N) is 5. The van der Waals surface area contributed by atoms with Crippen LogP contribution in [0, 0.1) is 11.8 Å². The highest BCUT2D eigenvalue weighted by Gasteiger charge is 2.44. The Balaban J connectivity index is 1.39. The van der Waals surface area contributed by atoms with Crippen LogP contribution in [0.25, 0.3) is 0 Å². The van der Waals surface area contributed by atoms with Crippen molar-refractivity contribution in [2.24, 2.45) is 11.8 Å². The van der Waals surface area contributed by atoms with Crippen molar-refractivity contribution in [1.29, 1.82) is 0 Å². The van der Waals surface area contributed by atoms with E-state index in [2.05, 4.69) is 15.4 Å². The fraction of sp³-hybridized carbons (Fsp3) is 0.692. The maximum atomic E-state index is 12.6. The fourth-order valence-electron chi connectivity index (χ4n) is 3.77. The summed E-state index contributed by atoms with van der Waals surface area (Å²) in [5, 5.41) is 19.8. The molecular formula is C13H18N6O3. The number of carbonyl (C=O) groups is 2. The van der Waals surface area contributed by atoms with Crippen LogP contribution in [0.2, 0.25) is 0 Å². The van der Waals surface area contributed by atoms with Gasteiger partial charge in [0.25, 0.3) is 0 Å². The summed E-state index contributed by atoms with van der Waals surface area (Å²) in [4.78, 5) is 28.8. The zero-order valence-electron chi connectivity index (χ0n) is 12.1. The molecule has 0 saturated carbocycles. The van der Waals surface area contributed by atoms with E-state index in [1.165, 1.54) is 4.90 Å². The van der Waals surface area contributed by atoms with Crippen molar-refractivity contribution in [3.63, 3.8) is 0 Å². The van der Waals surface area contributed by atoms with Crippen molar-refractivity contribution >= 4 is 12.1 Å². The number of aromatic amines is 1. The Morgan fingerprint density at radius 3 is 2.32 bits per heavy atom. The average molecular weight is 306 g/mol. The minimum Gasteiger partial charge on any atom is -0.465 e. The number of hydrogen-bond acceptors (Lipinski definition) is 4. The lowest BCUT2D eigenvalue weighted by atomic mass is 10.0. The largest absolute Gasteiger partial charge is 0.465 e. The van der Waals surface area contributed by atoms with Crippen molar-refractivity contribution in [2.75, 3.05) is 32.7 Å². The molecule has 9 heteroatoms. The predicted octanol–water partition coefficient (Wildman–Crippen LogP) is -0.176. The van der Waals surface area contributed by atoms with Gasteiger partial charge < -0.3 is 19.8 Å². The molecule has 3 aliphatic heterocycles. The molecule has 0 bridgehead atoms. The Morgan fingerprint density at radius 1 is 1.00 bits per heavy atom. The van der Waals surface area contributed by atoms with Gasteiger partial charge in [0.05, 0.1) is 12.2 Å². The van der Waals surface area contributed by atoms with E-state index in [4.69, 9.17) is 5.11 Å². The topological polar surface area (TPSA) is 106 Å². The summed E-state index contributed by atoms with van der Waals surface area (Å²) < 4.78 is 0. The minimum atomic E-state index is -0.859. The molecule has 4 heterocycles. The van der Waals surface area contributed by atoms with Crippen LogP contribution in [0.3, 0.4) is 0 Å².